The lowest BCUT2D eigenvalue weighted by molar-refractivity contribution is 0.0474. The van der Waals surface area contributed by atoms with Crippen molar-refractivity contribution in [2.45, 2.75) is 73.1 Å². The van der Waals surface area contributed by atoms with Crippen LogP contribution in [0.4, 0.5) is 4.79 Å². The average molecular weight is 535 g/mol. The number of pyridine rings is 1. The second kappa shape index (κ2) is 12.2. The molecule has 0 unspecified atom stereocenters. The van der Waals surface area contributed by atoms with Crippen LogP contribution in [0.2, 0.25) is 0 Å². The van der Waals surface area contributed by atoms with E-state index in [1.807, 2.05) is 55.4 Å². The number of aliphatic imine (C=N–C) groups is 1. The molecule has 9 heteroatoms. The molecule has 172 valence electrons. The normalized spacial score (nSPS) is 12.0. The molecule has 0 bridgehead atoms. The average Bonchev–Trinajstić information content (AvgIpc) is 2.57. The van der Waals surface area contributed by atoms with Crippen LogP contribution >= 0.6 is 24.0 Å². The van der Waals surface area contributed by atoms with Gasteiger partial charge in [0.15, 0.2) is 5.96 Å². The van der Waals surface area contributed by atoms with E-state index < -0.39 is 17.2 Å². The molecule has 0 aliphatic heterocycles. The van der Waals surface area contributed by atoms with Gasteiger partial charge in [0.25, 0.3) is 0 Å². The van der Waals surface area contributed by atoms with Crippen LogP contribution in [0.3, 0.4) is 0 Å². The predicted octanol–water partition coefficient (Wildman–Crippen LogP) is 3.68. The molecule has 0 radical (unpaired) electrons. The van der Waals surface area contributed by atoms with Gasteiger partial charge in [-0.25, -0.2) is 9.79 Å². The fourth-order valence-electron chi connectivity index (χ4n) is 2.65. The van der Waals surface area contributed by atoms with Gasteiger partial charge in [0.2, 0.25) is 0 Å². The number of hydrogen-bond acceptors (Lipinski definition) is 5. The number of halogens is 1. The minimum atomic E-state index is -0.538. The van der Waals surface area contributed by atoms with Crippen LogP contribution in [-0.2, 0) is 11.3 Å². The molecule has 1 rings (SSSR count). The van der Waals surface area contributed by atoms with Crippen molar-refractivity contribution in [1.29, 1.82) is 0 Å². The number of ether oxygens (including phenoxy) is 2. The zero-order chi connectivity index (χ0) is 22.2. The molecule has 0 aliphatic carbocycles. The minimum absolute atomic E-state index is 0. The number of alkyl carbamates (subject to hydrolysis) is 1. The number of methoxy groups -OCH3 is 1. The van der Waals surface area contributed by atoms with Gasteiger partial charge in [0, 0.05) is 30.4 Å². The van der Waals surface area contributed by atoms with Gasteiger partial charge in [-0.2, -0.15) is 0 Å². The van der Waals surface area contributed by atoms with E-state index in [4.69, 9.17) is 9.47 Å². The van der Waals surface area contributed by atoms with E-state index in [-0.39, 0.29) is 24.0 Å². The molecule has 0 aliphatic rings. The lowest BCUT2D eigenvalue weighted by Gasteiger charge is -2.29. The van der Waals surface area contributed by atoms with Crippen LogP contribution < -0.4 is 20.7 Å². The Morgan fingerprint density at radius 1 is 1.17 bits per heavy atom. The summed E-state index contributed by atoms with van der Waals surface area (Å²) in [5, 5.41) is 9.36. The van der Waals surface area contributed by atoms with E-state index in [0.717, 1.165) is 29.1 Å². The molecule has 0 saturated carbocycles. The minimum Gasteiger partial charge on any atom is -0.496 e. The zero-order valence-electron chi connectivity index (χ0n) is 19.7. The van der Waals surface area contributed by atoms with Crippen LogP contribution in [0.15, 0.2) is 11.2 Å². The predicted molar refractivity (Wildman–Crippen MR) is 132 cm³/mol. The van der Waals surface area contributed by atoms with Gasteiger partial charge in [-0.05, 0) is 55.4 Å². The highest BCUT2D eigenvalue weighted by molar-refractivity contribution is 14.0. The molecule has 1 heterocycles. The SMILES string of the molecule is CCNC(=NCc1ncc(C)c(OC)c1C)NCC(C)(C)NC(=O)OC(C)(C)C.I. The maximum absolute atomic E-state index is 12.1. The molecule has 1 amide bonds. The standard InChI is InChI=1S/C21H37N5O3.HI/c1-10-22-18(24-12-16-15(3)17(28-9)14(2)11-23-16)25-13-21(7,8)26-19(27)29-20(4,5)6;/h11H,10,12-13H2,1-9H3,(H,26,27)(H2,22,24,25);1H. The number of guanidine groups is 1. The van der Waals surface area contributed by atoms with E-state index in [1.165, 1.54) is 0 Å². The first-order valence-corrected chi connectivity index (χ1v) is 9.91. The Morgan fingerprint density at radius 3 is 2.33 bits per heavy atom. The molecular formula is C21H38IN5O3. The van der Waals surface area contributed by atoms with Crippen molar-refractivity contribution in [3.05, 3.63) is 23.0 Å². The Kier molecular flexibility index (Phi) is 11.4. The lowest BCUT2D eigenvalue weighted by Crippen LogP contribution is -2.54. The number of carbonyl (C=O) groups excluding carboxylic acids is 1. The van der Waals surface area contributed by atoms with E-state index in [9.17, 15) is 4.79 Å². The smallest absolute Gasteiger partial charge is 0.408 e. The van der Waals surface area contributed by atoms with Crippen LogP contribution in [0, 0.1) is 13.8 Å². The van der Waals surface area contributed by atoms with Crippen LogP contribution in [-0.4, -0.2) is 48.4 Å². The van der Waals surface area contributed by atoms with Gasteiger partial charge in [-0.15, -0.1) is 24.0 Å². The van der Waals surface area contributed by atoms with Crippen molar-refractivity contribution in [3.63, 3.8) is 0 Å². The Bertz CT molecular complexity index is 730. The summed E-state index contributed by atoms with van der Waals surface area (Å²) in [6.07, 6.45) is 1.35. The van der Waals surface area contributed by atoms with Crippen molar-refractivity contribution < 1.29 is 14.3 Å². The molecular weight excluding hydrogens is 497 g/mol. The zero-order valence-corrected chi connectivity index (χ0v) is 22.1. The van der Waals surface area contributed by atoms with Gasteiger partial charge in [0.1, 0.15) is 11.4 Å². The Hall–Kier alpha value is -1.78. The van der Waals surface area contributed by atoms with Crippen molar-refractivity contribution >= 4 is 36.0 Å². The maximum atomic E-state index is 12.1. The van der Waals surface area contributed by atoms with E-state index in [1.54, 1.807) is 13.3 Å². The first-order valence-electron chi connectivity index (χ1n) is 9.91. The van der Waals surface area contributed by atoms with Gasteiger partial charge in [-0.1, -0.05) is 0 Å². The van der Waals surface area contributed by atoms with Crippen molar-refractivity contribution in [2.24, 2.45) is 4.99 Å². The molecule has 1 aromatic heterocycles. The maximum Gasteiger partial charge on any atom is 0.408 e. The summed E-state index contributed by atoms with van der Waals surface area (Å²) >= 11 is 0. The molecule has 30 heavy (non-hydrogen) atoms. The van der Waals surface area contributed by atoms with Crippen LogP contribution in [0.1, 0.15) is 58.4 Å². The second-order valence-electron chi connectivity index (χ2n) is 8.61. The van der Waals surface area contributed by atoms with Crippen molar-refractivity contribution in [1.82, 2.24) is 20.9 Å². The molecule has 0 fully saturated rings. The third kappa shape index (κ3) is 9.82. The summed E-state index contributed by atoms with van der Waals surface area (Å²) in [4.78, 5) is 21.2. The number of carbonyl (C=O) groups is 1. The number of aromatic nitrogens is 1. The van der Waals surface area contributed by atoms with Crippen LogP contribution in [0.25, 0.3) is 0 Å². The van der Waals surface area contributed by atoms with E-state index in [0.29, 0.717) is 19.0 Å². The lowest BCUT2D eigenvalue weighted by atomic mass is 10.1. The summed E-state index contributed by atoms with van der Waals surface area (Å²) in [5.74, 6) is 1.48. The molecule has 0 saturated heterocycles. The topological polar surface area (TPSA) is 96.9 Å². The Balaban J connectivity index is 0.00000841. The number of hydrogen-bond donors (Lipinski definition) is 3. The third-order valence-corrected chi connectivity index (χ3v) is 4.02. The molecule has 0 spiro atoms. The Morgan fingerprint density at radius 2 is 1.80 bits per heavy atom. The van der Waals surface area contributed by atoms with Gasteiger partial charge < -0.3 is 25.4 Å². The Labute approximate surface area is 198 Å². The first kappa shape index (κ1) is 28.2. The number of rotatable bonds is 7. The molecule has 0 atom stereocenters. The molecule has 1 aromatic rings. The molecule has 3 N–H and O–H groups in total. The van der Waals surface area contributed by atoms with Crippen molar-refractivity contribution in [2.75, 3.05) is 20.2 Å². The van der Waals surface area contributed by atoms with E-state index in [2.05, 4.69) is 25.9 Å². The fourth-order valence-corrected chi connectivity index (χ4v) is 2.65. The number of nitrogens with one attached hydrogen (secondary N) is 3. The van der Waals surface area contributed by atoms with Gasteiger partial charge in [-0.3, -0.25) is 4.98 Å². The highest BCUT2D eigenvalue weighted by Gasteiger charge is 2.24. The first-order chi connectivity index (χ1) is 13.4. The number of amides is 1. The summed E-state index contributed by atoms with van der Waals surface area (Å²) < 4.78 is 10.8. The second-order valence-corrected chi connectivity index (χ2v) is 8.61. The van der Waals surface area contributed by atoms with E-state index >= 15 is 0 Å². The summed E-state index contributed by atoms with van der Waals surface area (Å²) in [6, 6.07) is 0. The monoisotopic (exact) mass is 535 g/mol. The fraction of sp³-hybridized carbons (Fsp3) is 0.667. The van der Waals surface area contributed by atoms with Crippen molar-refractivity contribution in [3.8, 4) is 5.75 Å². The summed E-state index contributed by atoms with van der Waals surface area (Å²) in [5.41, 5.74) is 1.77. The summed E-state index contributed by atoms with van der Waals surface area (Å²) in [7, 11) is 1.66. The molecule has 0 aromatic carbocycles. The quantitative estimate of drug-likeness (QED) is 0.280. The summed E-state index contributed by atoms with van der Waals surface area (Å²) in [6.45, 7) is 16.9. The van der Waals surface area contributed by atoms with Crippen LogP contribution in [0.5, 0.6) is 5.75 Å². The molecule has 8 nitrogen and oxygen atoms in total. The highest BCUT2D eigenvalue weighted by atomic mass is 127. The third-order valence-electron chi connectivity index (χ3n) is 4.02. The van der Waals surface area contributed by atoms with Gasteiger partial charge in [0.05, 0.1) is 24.9 Å². The largest absolute Gasteiger partial charge is 0.496 e. The highest BCUT2D eigenvalue weighted by Crippen LogP contribution is 2.24. The van der Waals surface area contributed by atoms with Gasteiger partial charge >= 0.3 is 6.09 Å². The number of aryl methyl sites for hydroxylation is 1. The number of nitrogens with zero attached hydrogens (tertiary/aromatic N) is 2.